The predicted octanol–water partition coefficient (Wildman–Crippen LogP) is 4.74. The van der Waals surface area contributed by atoms with Crippen LogP contribution in [0.2, 0.25) is 5.02 Å². The summed E-state index contributed by atoms with van der Waals surface area (Å²) in [6.07, 6.45) is 2.68. The zero-order valence-electron chi connectivity index (χ0n) is 12.9. The molecule has 8 heteroatoms. The van der Waals surface area contributed by atoms with E-state index in [1.165, 1.54) is 49.6 Å². The summed E-state index contributed by atoms with van der Waals surface area (Å²) in [5, 5.41) is 2.40. The van der Waals surface area contributed by atoms with Gasteiger partial charge in [0, 0.05) is 11.8 Å². The summed E-state index contributed by atoms with van der Waals surface area (Å²) in [7, 11) is 1.31. The first kappa shape index (κ1) is 18.7. The Kier molecular flexibility index (Phi) is 6.30. The van der Waals surface area contributed by atoms with Gasteiger partial charge in [0.25, 0.3) is 0 Å². The van der Waals surface area contributed by atoms with E-state index < -0.39 is 18.3 Å². The van der Waals surface area contributed by atoms with Gasteiger partial charge in [-0.1, -0.05) is 17.7 Å². The normalized spacial score (nSPS) is 11.0. The first-order chi connectivity index (χ1) is 11.9. The summed E-state index contributed by atoms with van der Waals surface area (Å²) in [6, 6.07) is 8.01. The van der Waals surface area contributed by atoms with Crippen LogP contribution in [0.5, 0.6) is 11.5 Å². The van der Waals surface area contributed by atoms with Gasteiger partial charge in [0.1, 0.15) is 5.82 Å². The third kappa shape index (κ3) is 5.42. The number of benzene rings is 2. The first-order valence-corrected chi connectivity index (χ1v) is 7.34. The Morgan fingerprint density at radius 3 is 2.60 bits per heavy atom. The Hall–Kier alpha value is -2.67. The highest BCUT2D eigenvalue weighted by Gasteiger charge is 2.10. The molecule has 132 valence electrons. The molecule has 0 unspecified atom stereocenters. The number of hydrogen-bond donors (Lipinski definition) is 1. The molecule has 0 aromatic heterocycles. The van der Waals surface area contributed by atoms with Crippen LogP contribution in [0.15, 0.2) is 42.5 Å². The van der Waals surface area contributed by atoms with Crippen LogP contribution in [0.1, 0.15) is 5.56 Å². The number of carbonyl (C=O) groups is 1. The van der Waals surface area contributed by atoms with Gasteiger partial charge in [0.15, 0.2) is 11.5 Å². The topological polar surface area (TPSA) is 47.6 Å². The summed E-state index contributed by atoms with van der Waals surface area (Å²) in [5.41, 5.74) is 0.866. The number of rotatable bonds is 6. The van der Waals surface area contributed by atoms with Crippen molar-refractivity contribution in [3.63, 3.8) is 0 Å². The van der Waals surface area contributed by atoms with Crippen LogP contribution in [0, 0.1) is 5.82 Å². The standard InChI is InChI=1S/C17H13ClF3NO3/c1-24-15-8-10(2-6-14(15)25-17(20)21)3-7-16(23)22-11-4-5-13(19)12(18)9-11/h2-9,17H,1H3,(H,22,23). The highest BCUT2D eigenvalue weighted by Crippen LogP contribution is 2.29. The fraction of sp³-hybridized carbons (Fsp3) is 0.118. The average Bonchev–Trinajstić information content (AvgIpc) is 2.57. The lowest BCUT2D eigenvalue weighted by atomic mass is 10.2. The molecule has 2 aromatic rings. The number of alkyl halides is 2. The van der Waals surface area contributed by atoms with Gasteiger partial charge in [-0.2, -0.15) is 8.78 Å². The molecule has 0 atom stereocenters. The summed E-state index contributed by atoms with van der Waals surface area (Å²) >= 11 is 5.63. The van der Waals surface area contributed by atoms with Gasteiger partial charge in [-0.3, -0.25) is 4.79 Å². The summed E-state index contributed by atoms with van der Waals surface area (Å²) in [6.45, 7) is -2.97. The zero-order valence-corrected chi connectivity index (χ0v) is 13.7. The number of amides is 1. The van der Waals surface area contributed by atoms with Crippen LogP contribution in [0.4, 0.5) is 18.9 Å². The zero-order chi connectivity index (χ0) is 18.4. The van der Waals surface area contributed by atoms with Gasteiger partial charge in [-0.05, 0) is 42.0 Å². The minimum atomic E-state index is -2.97. The Balaban J connectivity index is 2.07. The van der Waals surface area contributed by atoms with Gasteiger partial charge in [-0.25, -0.2) is 4.39 Å². The van der Waals surface area contributed by atoms with Crippen molar-refractivity contribution in [1.82, 2.24) is 0 Å². The fourth-order valence-corrected chi connectivity index (χ4v) is 2.09. The second kappa shape index (κ2) is 8.43. The highest BCUT2D eigenvalue weighted by molar-refractivity contribution is 6.31. The lowest BCUT2D eigenvalue weighted by molar-refractivity contribution is -0.111. The number of carbonyl (C=O) groups excluding carboxylic acids is 1. The van der Waals surface area contributed by atoms with E-state index in [-0.39, 0.29) is 16.5 Å². The molecule has 1 amide bonds. The Labute approximate surface area is 146 Å². The second-order valence-electron chi connectivity index (χ2n) is 4.74. The third-order valence-corrected chi connectivity index (χ3v) is 3.31. The number of anilines is 1. The van der Waals surface area contributed by atoms with Crippen LogP contribution in [-0.4, -0.2) is 19.6 Å². The second-order valence-corrected chi connectivity index (χ2v) is 5.15. The molecule has 0 heterocycles. The van der Waals surface area contributed by atoms with Gasteiger partial charge < -0.3 is 14.8 Å². The van der Waals surface area contributed by atoms with Crippen LogP contribution in [0.25, 0.3) is 6.08 Å². The van der Waals surface area contributed by atoms with E-state index in [2.05, 4.69) is 10.1 Å². The van der Waals surface area contributed by atoms with Crippen molar-refractivity contribution < 1.29 is 27.4 Å². The van der Waals surface area contributed by atoms with E-state index in [0.717, 1.165) is 6.07 Å². The number of ether oxygens (including phenoxy) is 2. The molecule has 0 bridgehead atoms. The largest absolute Gasteiger partial charge is 0.493 e. The number of hydrogen-bond acceptors (Lipinski definition) is 3. The molecule has 2 aromatic carbocycles. The first-order valence-electron chi connectivity index (χ1n) is 6.96. The molecule has 4 nitrogen and oxygen atoms in total. The molecule has 0 saturated heterocycles. The average molecular weight is 372 g/mol. The summed E-state index contributed by atoms with van der Waals surface area (Å²) in [4.78, 5) is 11.9. The number of halogens is 4. The Bertz CT molecular complexity index is 797. The molecule has 2 rings (SSSR count). The van der Waals surface area contributed by atoms with Crippen LogP contribution < -0.4 is 14.8 Å². The van der Waals surface area contributed by atoms with E-state index in [4.69, 9.17) is 16.3 Å². The SMILES string of the molecule is COc1cc(C=CC(=O)Nc2ccc(F)c(Cl)c2)ccc1OC(F)F. The van der Waals surface area contributed by atoms with Crippen LogP contribution in [0.3, 0.4) is 0 Å². The summed E-state index contributed by atoms with van der Waals surface area (Å²) in [5.74, 6) is -1.07. The van der Waals surface area contributed by atoms with Crippen molar-refractivity contribution in [2.75, 3.05) is 12.4 Å². The van der Waals surface area contributed by atoms with Crippen molar-refractivity contribution in [2.24, 2.45) is 0 Å². The minimum Gasteiger partial charge on any atom is -0.493 e. The molecule has 0 saturated carbocycles. The number of nitrogens with one attached hydrogen (secondary N) is 1. The van der Waals surface area contributed by atoms with E-state index in [1.54, 1.807) is 0 Å². The maximum Gasteiger partial charge on any atom is 0.387 e. The molecule has 0 aliphatic rings. The van der Waals surface area contributed by atoms with E-state index in [0.29, 0.717) is 11.3 Å². The Morgan fingerprint density at radius 1 is 1.20 bits per heavy atom. The number of methoxy groups -OCH3 is 1. The van der Waals surface area contributed by atoms with Crippen molar-refractivity contribution in [1.29, 1.82) is 0 Å². The van der Waals surface area contributed by atoms with Crippen molar-refractivity contribution in [3.05, 3.63) is 58.9 Å². The lowest BCUT2D eigenvalue weighted by Gasteiger charge is -2.10. The van der Waals surface area contributed by atoms with Crippen LogP contribution in [-0.2, 0) is 4.79 Å². The predicted molar refractivity (Wildman–Crippen MR) is 88.7 cm³/mol. The monoisotopic (exact) mass is 371 g/mol. The van der Waals surface area contributed by atoms with Gasteiger partial charge >= 0.3 is 6.61 Å². The Morgan fingerprint density at radius 2 is 1.96 bits per heavy atom. The molecule has 25 heavy (non-hydrogen) atoms. The van der Waals surface area contributed by atoms with Crippen molar-refractivity contribution in [2.45, 2.75) is 6.61 Å². The molecule has 1 N–H and O–H groups in total. The van der Waals surface area contributed by atoms with Gasteiger partial charge in [0.2, 0.25) is 5.91 Å². The maximum absolute atomic E-state index is 13.1. The highest BCUT2D eigenvalue weighted by atomic mass is 35.5. The smallest absolute Gasteiger partial charge is 0.387 e. The van der Waals surface area contributed by atoms with Crippen molar-refractivity contribution >= 4 is 29.3 Å². The molecular weight excluding hydrogens is 359 g/mol. The molecule has 0 spiro atoms. The summed E-state index contributed by atoms with van der Waals surface area (Å²) < 4.78 is 46.9. The third-order valence-electron chi connectivity index (χ3n) is 3.02. The van der Waals surface area contributed by atoms with Crippen molar-refractivity contribution in [3.8, 4) is 11.5 Å². The molecule has 0 aliphatic heterocycles. The molecule has 0 fully saturated rings. The molecular formula is C17H13ClF3NO3. The van der Waals surface area contributed by atoms with Crippen LogP contribution >= 0.6 is 11.6 Å². The quantitative estimate of drug-likeness (QED) is 0.746. The molecule has 0 aliphatic carbocycles. The van der Waals surface area contributed by atoms with E-state index >= 15 is 0 Å². The van der Waals surface area contributed by atoms with E-state index in [9.17, 15) is 18.0 Å². The lowest BCUT2D eigenvalue weighted by Crippen LogP contribution is -2.07. The van der Waals surface area contributed by atoms with Gasteiger partial charge in [-0.15, -0.1) is 0 Å². The van der Waals surface area contributed by atoms with E-state index in [1.807, 2.05) is 0 Å². The van der Waals surface area contributed by atoms with Gasteiger partial charge in [0.05, 0.1) is 12.1 Å². The minimum absolute atomic E-state index is 0.105. The maximum atomic E-state index is 13.1. The molecule has 0 radical (unpaired) electrons. The fourth-order valence-electron chi connectivity index (χ4n) is 1.91.